The monoisotopic (exact) mass is 288 g/mol. The summed E-state index contributed by atoms with van der Waals surface area (Å²) in [5.41, 5.74) is -4.22. The predicted octanol–water partition coefficient (Wildman–Crippen LogP) is 3.61. The van der Waals surface area contributed by atoms with Gasteiger partial charge in [0, 0.05) is 23.9 Å². The fraction of sp³-hybridized carbons (Fsp3) is 0.250. The highest BCUT2D eigenvalue weighted by Gasteiger charge is 2.27. The quantitative estimate of drug-likeness (QED) is 0.844. The second kappa shape index (κ2) is 5.56. The van der Waals surface area contributed by atoms with Gasteiger partial charge in [-0.25, -0.2) is 4.98 Å². The van der Waals surface area contributed by atoms with E-state index in [0.717, 1.165) is 5.39 Å². The summed E-state index contributed by atoms with van der Waals surface area (Å²) in [5.74, 6) is 0.463. The van der Waals surface area contributed by atoms with Crippen molar-refractivity contribution in [2.45, 2.75) is 5.51 Å². The third-order valence-corrected chi connectivity index (χ3v) is 3.15. The van der Waals surface area contributed by atoms with Crippen LogP contribution >= 0.6 is 11.8 Å². The van der Waals surface area contributed by atoms with Crippen molar-refractivity contribution < 1.29 is 18.3 Å². The molecule has 19 heavy (non-hydrogen) atoms. The topological polar surface area (TPSA) is 45.2 Å². The van der Waals surface area contributed by atoms with Crippen molar-refractivity contribution in [3.63, 3.8) is 0 Å². The summed E-state index contributed by atoms with van der Waals surface area (Å²) in [6, 6.07) is 6.57. The molecule has 1 aromatic heterocycles. The van der Waals surface area contributed by atoms with Gasteiger partial charge in [0.25, 0.3) is 0 Å². The predicted molar refractivity (Wildman–Crippen MR) is 70.4 cm³/mol. The number of pyridine rings is 1. The highest BCUT2D eigenvalue weighted by atomic mass is 32.2. The average molecular weight is 288 g/mol. The van der Waals surface area contributed by atoms with E-state index < -0.39 is 5.51 Å². The minimum Gasteiger partial charge on any atom is -0.508 e. The Labute approximate surface area is 111 Å². The van der Waals surface area contributed by atoms with Gasteiger partial charge in [0.15, 0.2) is 0 Å². The van der Waals surface area contributed by atoms with E-state index in [4.69, 9.17) is 0 Å². The number of aromatic hydroxyl groups is 1. The minimum absolute atomic E-state index is 0.0783. The molecule has 0 spiro atoms. The second-order valence-electron chi connectivity index (χ2n) is 3.79. The first-order valence-corrected chi connectivity index (χ1v) is 6.46. The summed E-state index contributed by atoms with van der Waals surface area (Å²) >= 11 is -0.0783. The highest BCUT2D eigenvalue weighted by Crippen LogP contribution is 2.30. The van der Waals surface area contributed by atoms with Crippen LogP contribution in [0.1, 0.15) is 0 Å². The van der Waals surface area contributed by atoms with Crippen LogP contribution in [0.25, 0.3) is 10.8 Å². The SMILES string of the molecule is Oc1ccc2ccnc(NCCSC(F)(F)F)c2c1. The largest absolute Gasteiger partial charge is 0.508 e. The lowest BCUT2D eigenvalue weighted by Gasteiger charge is -2.09. The van der Waals surface area contributed by atoms with Crippen molar-refractivity contribution in [3.05, 3.63) is 30.5 Å². The molecule has 2 aromatic rings. The maximum atomic E-state index is 12.0. The Bertz CT molecular complexity index is 574. The zero-order valence-electron chi connectivity index (χ0n) is 9.74. The molecule has 0 aliphatic rings. The molecule has 1 aromatic carbocycles. The van der Waals surface area contributed by atoms with Gasteiger partial charge in [0.1, 0.15) is 11.6 Å². The number of phenolic OH excluding ortho intramolecular Hbond substituents is 1. The fourth-order valence-electron chi connectivity index (χ4n) is 1.63. The van der Waals surface area contributed by atoms with Crippen molar-refractivity contribution in [1.82, 2.24) is 4.98 Å². The van der Waals surface area contributed by atoms with Crippen LogP contribution in [0.2, 0.25) is 0 Å². The van der Waals surface area contributed by atoms with Crippen LogP contribution in [0.3, 0.4) is 0 Å². The Morgan fingerprint density at radius 1 is 1.26 bits per heavy atom. The van der Waals surface area contributed by atoms with Gasteiger partial charge < -0.3 is 10.4 Å². The van der Waals surface area contributed by atoms with Gasteiger partial charge in [0.05, 0.1) is 0 Å². The van der Waals surface area contributed by atoms with Crippen LogP contribution in [0.5, 0.6) is 5.75 Å². The molecule has 0 aliphatic carbocycles. The van der Waals surface area contributed by atoms with Gasteiger partial charge in [-0.15, -0.1) is 0 Å². The van der Waals surface area contributed by atoms with E-state index in [2.05, 4.69) is 10.3 Å². The number of thioether (sulfide) groups is 1. The maximum absolute atomic E-state index is 12.0. The molecule has 0 saturated carbocycles. The van der Waals surface area contributed by atoms with E-state index >= 15 is 0 Å². The summed E-state index contributed by atoms with van der Waals surface area (Å²) in [6.45, 7) is 0.145. The number of nitrogens with one attached hydrogen (secondary N) is 1. The number of phenols is 1. The summed E-state index contributed by atoms with van der Waals surface area (Å²) in [6.07, 6.45) is 1.57. The zero-order valence-corrected chi connectivity index (χ0v) is 10.6. The van der Waals surface area contributed by atoms with Crippen molar-refractivity contribution in [1.29, 1.82) is 0 Å². The Morgan fingerprint density at radius 2 is 2.05 bits per heavy atom. The number of alkyl halides is 3. The van der Waals surface area contributed by atoms with Gasteiger partial charge in [-0.05, 0) is 35.3 Å². The van der Waals surface area contributed by atoms with Crippen LogP contribution in [0.4, 0.5) is 19.0 Å². The number of rotatable bonds is 4. The second-order valence-corrected chi connectivity index (χ2v) is 4.95. The average Bonchev–Trinajstić information content (AvgIpc) is 2.33. The summed E-state index contributed by atoms with van der Waals surface area (Å²) in [5, 5.41) is 13.8. The lowest BCUT2D eigenvalue weighted by Crippen LogP contribution is -2.10. The summed E-state index contributed by atoms with van der Waals surface area (Å²) in [4.78, 5) is 4.07. The molecule has 7 heteroatoms. The number of aromatic nitrogens is 1. The van der Waals surface area contributed by atoms with Crippen molar-refractivity contribution in [2.24, 2.45) is 0 Å². The molecule has 0 saturated heterocycles. The number of fused-ring (bicyclic) bond motifs is 1. The van der Waals surface area contributed by atoms with Crippen LogP contribution in [-0.4, -0.2) is 27.9 Å². The van der Waals surface area contributed by atoms with Crippen LogP contribution in [0.15, 0.2) is 30.5 Å². The highest BCUT2D eigenvalue weighted by molar-refractivity contribution is 8.00. The molecular formula is C12H11F3N2OS. The number of halogens is 3. The van der Waals surface area contributed by atoms with Crippen LogP contribution < -0.4 is 5.32 Å². The van der Waals surface area contributed by atoms with Gasteiger partial charge >= 0.3 is 5.51 Å². The van der Waals surface area contributed by atoms with E-state index in [1.165, 1.54) is 6.07 Å². The third-order valence-electron chi connectivity index (χ3n) is 2.41. The van der Waals surface area contributed by atoms with E-state index in [9.17, 15) is 18.3 Å². The first-order chi connectivity index (χ1) is 8.96. The minimum atomic E-state index is -4.22. The van der Waals surface area contributed by atoms with Crippen LogP contribution in [0, 0.1) is 0 Å². The summed E-state index contributed by atoms with van der Waals surface area (Å²) < 4.78 is 35.9. The molecule has 0 bridgehead atoms. The maximum Gasteiger partial charge on any atom is 0.441 e. The summed E-state index contributed by atoms with van der Waals surface area (Å²) in [7, 11) is 0. The third kappa shape index (κ3) is 3.92. The molecule has 1 heterocycles. The molecular weight excluding hydrogens is 277 g/mol. The van der Waals surface area contributed by atoms with Gasteiger partial charge in [-0.2, -0.15) is 13.2 Å². The normalized spacial score (nSPS) is 11.7. The van der Waals surface area contributed by atoms with E-state index in [-0.39, 0.29) is 29.8 Å². The van der Waals surface area contributed by atoms with Crippen molar-refractivity contribution >= 4 is 28.4 Å². The number of anilines is 1. The van der Waals surface area contributed by atoms with Crippen molar-refractivity contribution in [2.75, 3.05) is 17.6 Å². The van der Waals surface area contributed by atoms with E-state index in [1.807, 2.05) is 0 Å². The molecule has 0 aliphatic heterocycles. The van der Waals surface area contributed by atoms with E-state index in [1.54, 1.807) is 24.4 Å². The standard InChI is InChI=1S/C12H11F3N2OS/c13-12(14,15)19-6-5-17-11-10-7-9(18)2-1-8(10)3-4-16-11/h1-4,7,18H,5-6H2,(H,16,17). The van der Waals surface area contributed by atoms with Crippen molar-refractivity contribution in [3.8, 4) is 5.75 Å². The zero-order chi connectivity index (χ0) is 13.9. The number of hydrogen-bond acceptors (Lipinski definition) is 4. The molecule has 0 unspecified atom stereocenters. The first-order valence-electron chi connectivity index (χ1n) is 5.48. The Kier molecular flexibility index (Phi) is 4.04. The number of nitrogens with zero attached hydrogens (tertiary/aromatic N) is 1. The molecule has 3 nitrogen and oxygen atoms in total. The first kappa shape index (κ1) is 13.8. The lowest BCUT2D eigenvalue weighted by atomic mass is 10.1. The van der Waals surface area contributed by atoms with Gasteiger partial charge in [-0.3, -0.25) is 0 Å². The van der Waals surface area contributed by atoms with Crippen LogP contribution in [-0.2, 0) is 0 Å². The fourth-order valence-corrected chi connectivity index (χ4v) is 2.07. The number of benzene rings is 1. The number of hydrogen-bond donors (Lipinski definition) is 2. The Balaban J connectivity index is 2.06. The van der Waals surface area contributed by atoms with Gasteiger partial charge in [0.2, 0.25) is 0 Å². The molecule has 0 amide bonds. The Morgan fingerprint density at radius 3 is 2.79 bits per heavy atom. The molecule has 2 N–H and O–H groups in total. The lowest BCUT2D eigenvalue weighted by molar-refractivity contribution is -0.0327. The molecule has 102 valence electrons. The van der Waals surface area contributed by atoms with Gasteiger partial charge in [-0.1, -0.05) is 6.07 Å². The Hall–Kier alpha value is -1.63. The molecule has 0 radical (unpaired) electrons. The smallest absolute Gasteiger partial charge is 0.441 e. The molecule has 2 rings (SSSR count). The molecule has 0 atom stereocenters. The van der Waals surface area contributed by atoms with E-state index in [0.29, 0.717) is 11.2 Å². The molecule has 0 fully saturated rings.